The number of hydrogen-bond donors (Lipinski definition) is 0. The topological polar surface area (TPSA) is 86.4 Å². The summed E-state index contributed by atoms with van der Waals surface area (Å²) in [4.78, 5) is 39.1. The quantitative estimate of drug-likeness (QED) is 0.733. The molecular weight excluding hydrogens is 348 g/mol. The fourth-order valence-corrected chi connectivity index (χ4v) is 4.50. The zero-order valence-corrected chi connectivity index (χ0v) is 15.1. The molecule has 0 N–H and O–H groups in total. The van der Waals surface area contributed by atoms with Crippen LogP contribution in [0.15, 0.2) is 23.0 Å². The van der Waals surface area contributed by atoms with E-state index in [0.717, 1.165) is 5.56 Å². The van der Waals surface area contributed by atoms with Crippen LogP contribution in [-0.2, 0) is 31.4 Å². The highest BCUT2D eigenvalue weighted by molar-refractivity contribution is 6.05. The Morgan fingerprint density at radius 2 is 2.07 bits per heavy atom. The van der Waals surface area contributed by atoms with E-state index in [2.05, 4.69) is 5.10 Å². The summed E-state index contributed by atoms with van der Waals surface area (Å²) >= 11 is 0. The zero-order valence-electron chi connectivity index (χ0n) is 15.1. The van der Waals surface area contributed by atoms with Crippen LogP contribution in [0, 0.1) is 0 Å². The molecule has 0 bridgehead atoms. The average Bonchev–Trinajstić information content (AvgIpc) is 3.33. The lowest BCUT2D eigenvalue weighted by Crippen LogP contribution is -2.47. The predicted molar refractivity (Wildman–Crippen MR) is 94.6 cm³/mol. The lowest BCUT2D eigenvalue weighted by Gasteiger charge is -2.33. The Balaban J connectivity index is 1.41. The minimum atomic E-state index is -0.552. The fourth-order valence-electron chi connectivity index (χ4n) is 4.50. The van der Waals surface area contributed by atoms with Gasteiger partial charge in [-0.05, 0) is 24.5 Å². The van der Waals surface area contributed by atoms with E-state index in [-0.39, 0.29) is 24.0 Å². The molecule has 1 aliphatic carbocycles. The largest absolute Gasteiger partial charge is 0.363 e. The SMILES string of the molecule is Cn1nc2n(c1=O)CC1(CCN(C(=O)c3cccc4c3CCC4=O)C1)OC2. The van der Waals surface area contributed by atoms with E-state index >= 15 is 0 Å². The van der Waals surface area contributed by atoms with E-state index < -0.39 is 5.60 Å². The van der Waals surface area contributed by atoms with Crippen molar-refractivity contribution < 1.29 is 14.3 Å². The van der Waals surface area contributed by atoms with Gasteiger partial charge < -0.3 is 9.64 Å². The van der Waals surface area contributed by atoms with Gasteiger partial charge in [0.1, 0.15) is 12.2 Å². The summed E-state index contributed by atoms with van der Waals surface area (Å²) in [5, 5.41) is 4.18. The number of benzene rings is 1. The van der Waals surface area contributed by atoms with Crippen molar-refractivity contribution in [1.29, 1.82) is 0 Å². The highest BCUT2D eigenvalue weighted by Crippen LogP contribution is 2.33. The summed E-state index contributed by atoms with van der Waals surface area (Å²) < 4.78 is 9.03. The first-order chi connectivity index (χ1) is 13.0. The van der Waals surface area contributed by atoms with Gasteiger partial charge in [0.2, 0.25) is 0 Å². The fraction of sp³-hybridized carbons (Fsp3) is 0.474. The van der Waals surface area contributed by atoms with Crippen LogP contribution in [0.25, 0.3) is 0 Å². The van der Waals surface area contributed by atoms with Gasteiger partial charge in [-0.3, -0.25) is 14.2 Å². The second-order valence-electron chi connectivity index (χ2n) is 7.61. The lowest BCUT2D eigenvalue weighted by molar-refractivity contribution is -0.0816. The Hall–Kier alpha value is -2.74. The second-order valence-corrected chi connectivity index (χ2v) is 7.61. The van der Waals surface area contributed by atoms with Crippen LogP contribution in [0.3, 0.4) is 0 Å². The molecule has 3 aliphatic rings. The van der Waals surface area contributed by atoms with E-state index in [1.54, 1.807) is 34.7 Å². The van der Waals surface area contributed by atoms with Gasteiger partial charge in [0, 0.05) is 31.1 Å². The Morgan fingerprint density at radius 3 is 2.93 bits per heavy atom. The van der Waals surface area contributed by atoms with Gasteiger partial charge in [-0.25, -0.2) is 9.48 Å². The molecule has 1 atom stereocenters. The monoisotopic (exact) mass is 368 g/mol. The Morgan fingerprint density at radius 1 is 1.22 bits per heavy atom. The van der Waals surface area contributed by atoms with Crippen molar-refractivity contribution in [2.24, 2.45) is 7.05 Å². The number of carbonyl (C=O) groups excluding carboxylic acids is 2. The van der Waals surface area contributed by atoms with Gasteiger partial charge >= 0.3 is 5.69 Å². The summed E-state index contributed by atoms with van der Waals surface area (Å²) in [5.74, 6) is 0.667. The number of Topliss-reactive ketones (excluding diaryl/α,β-unsaturated/α-hetero) is 1. The molecule has 140 valence electrons. The van der Waals surface area contributed by atoms with Crippen molar-refractivity contribution in [2.45, 2.75) is 38.0 Å². The summed E-state index contributed by atoms with van der Waals surface area (Å²) in [6.07, 6.45) is 1.77. The van der Waals surface area contributed by atoms with E-state index in [0.29, 0.717) is 55.8 Å². The second kappa shape index (κ2) is 5.63. The predicted octanol–water partition coefficient (Wildman–Crippen LogP) is 0.526. The molecule has 2 aromatic rings. The summed E-state index contributed by atoms with van der Waals surface area (Å²) in [6.45, 7) is 1.68. The Labute approximate surface area is 155 Å². The van der Waals surface area contributed by atoms with Crippen molar-refractivity contribution in [3.63, 3.8) is 0 Å². The lowest BCUT2D eigenvalue weighted by atomic mass is 10.0. The maximum absolute atomic E-state index is 13.1. The number of aryl methyl sites for hydroxylation is 1. The van der Waals surface area contributed by atoms with E-state index in [1.807, 2.05) is 0 Å². The van der Waals surface area contributed by atoms with Gasteiger partial charge in [0.05, 0.1) is 13.1 Å². The first kappa shape index (κ1) is 16.4. The van der Waals surface area contributed by atoms with E-state index in [9.17, 15) is 14.4 Å². The molecule has 1 spiro atoms. The number of likely N-dealkylation sites (tertiary alicyclic amines) is 1. The maximum Gasteiger partial charge on any atom is 0.345 e. The molecule has 1 unspecified atom stereocenters. The third kappa shape index (κ3) is 2.39. The van der Waals surface area contributed by atoms with Crippen LogP contribution in [0.4, 0.5) is 0 Å². The minimum Gasteiger partial charge on any atom is -0.363 e. The molecule has 0 radical (unpaired) electrons. The molecule has 1 aromatic heterocycles. The highest BCUT2D eigenvalue weighted by atomic mass is 16.5. The highest BCUT2D eigenvalue weighted by Gasteiger charge is 2.45. The van der Waals surface area contributed by atoms with Crippen LogP contribution in [-0.4, -0.2) is 49.6 Å². The number of rotatable bonds is 1. The standard InChI is InChI=1S/C19H20N4O4/c1-21-18(26)23-11-19(27-9-16(23)20-21)7-8-22(10-19)17(25)14-4-2-3-13-12(14)5-6-15(13)24/h2-4H,5-11H2,1H3. The molecule has 1 aromatic carbocycles. The average molecular weight is 368 g/mol. The Kier molecular flexibility index (Phi) is 3.42. The molecule has 1 fully saturated rings. The van der Waals surface area contributed by atoms with Gasteiger partial charge in [0.15, 0.2) is 11.6 Å². The van der Waals surface area contributed by atoms with Crippen molar-refractivity contribution in [3.8, 4) is 0 Å². The summed E-state index contributed by atoms with van der Waals surface area (Å²) in [6, 6.07) is 5.38. The number of ether oxygens (including phenoxy) is 1. The van der Waals surface area contributed by atoms with Crippen LogP contribution in [0.1, 0.15) is 44.9 Å². The number of fused-ring (bicyclic) bond motifs is 2. The third-order valence-corrected chi connectivity index (χ3v) is 5.95. The first-order valence-corrected chi connectivity index (χ1v) is 9.18. The van der Waals surface area contributed by atoms with Crippen LogP contribution < -0.4 is 5.69 Å². The normalized spacial score (nSPS) is 23.7. The summed E-state index contributed by atoms with van der Waals surface area (Å²) in [5.41, 5.74) is 1.45. The van der Waals surface area contributed by atoms with Gasteiger partial charge in [-0.1, -0.05) is 12.1 Å². The number of carbonyl (C=O) groups is 2. The third-order valence-electron chi connectivity index (χ3n) is 5.95. The van der Waals surface area contributed by atoms with Gasteiger partial charge in [-0.15, -0.1) is 0 Å². The number of ketones is 1. The van der Waals surface area contributed by atoms with Crippen LogP contribution >= 0.6 is 0 Å². The molecule has 8 heteroatoms. The van der Waals surface area contributed by atoms with Gasteiger partial charge in [-0.2, -0.15) is 5.10 Å². The minimum absolute atomic E-state index is 0.0636. The van der Waals surface area contributed by atoms with Gasteiger partial charge in [0.25, 0.3) is 5.91 Å². The molecule has 8 nitrogen and oxygen atoms in total. The molecule has 0 saturated carbocycles. The number of nitrogens with zero attached hydrogens (tertiary/aromatic N) is 4. The van der Waals surface area contributed by atoms with Crippen molar-refractivity contribution in [2.75, 3.05) is 13.1 Å². The molecule has 27 heavy (non-hydrogen) atoms. The smallest absolute Gasteiger partial charge is 0.345 e. The molecule has 5 rings (SSSR count). The Bertz CT molecular complexity index is 1040. The van der Waals surface area contributed by atoms with Crippen LogP contribution in [0.2, 0.25) is 0 Å². The first-order valence-electron chi connectivity index (χ1n) is 9.18. The van der Waals surface area contributed by atoms with E-state index in [1.165, 1.54) is 4.68 Å². The summed E-state index contributed by atoms with van der Waals surface area (Å²) in [7, 11) is 1.63. The maximum atomic E-state index is 13.1. The van der Waals surface area contributed by atoms with Crippen molar-refractivity contribution in [1.82, 2.24) is 19.2 Å². The zero-order chi connectivity index (χ0) is 18.8. The number of amides is 1. The molecule has 1 amide bonds. The molecule has 3 heterocycles. The van der Waals surface area contributed by atoms with Crippen LogP contribution in [0.5, 0.6) is 0 Å². The van der Waals surface area contributed by atoms with Crippen molar-refractivity contribution >= 4 is 11.7 Å². The molecular formula is C19H20N4O4. The van der Waals surface area contributed by atoms with Crippen molar-refractivity contribution in [3.05, 3.63) is 51.2 Å². The van der Waals surface area contributed by atoms with E-state index in [4.69, 9.17) is 4.74 Å². The molecule has 2 aliphatic heterocycles. The number of aromatic nitrogens is 3. The molecule has 1 saturated heterocycles. The number of hydrogen-bond acceptors (Lipinski definition) is 5.